The first-order valence-electron chi connectivity index (χ1n) is 18.7. The zero-order valence-corrected chi connectivity index (χ0v) is 34.2. The van der Waals surface area contributed by atoms with Gasteiger partial charge in [0.2, 0.25) is 0 Å². The molecule has 0 aliphatic heterocycles. The van der Waals surface area contributed by atoms with E-state index in [0.717, 1.165) is 44.2 Å². The second-order valence-corrected chi connectivity index (χ2v) is 16.6. The molecule has 0 atom stereocenters. The number of benzene rings is 6. The summed E-state index contributed by atoms with van der Waals surface area (Å²) in [5.41, 5.74) is 11.1. The van der Waals surface area contributed by atoms with E-state index in [1.165, 1.54) is 27.6 Å². The Hall–Kier alpha value is -5.44. The molecule has 1 N–H and O–H groups in total. The molecule has 1 aliphatic carbocycles. The minimum absolute atomic E-state index is 0. The average molecular weight is 896 g/mol. The van der Waals surface area contributed by atoms with Gasteiger partial charge in [0, 0.05) is 38.2 Å². The van der Waals surface area contributed by atoms with Gasteiger partial charge in [-0.15, -0.1) is 35.4 Å². The first-order chi connectivity index (χ1) is 25.9. The van der Waals surface area contributed by atoms with Gasteiger partial charge in [-0.2, -0.15) is 0 Å². The molecule has 0 saturated heterocycles. The molecule has 6 aromatic carbocycles. The minimum atomic E-state index is -0.851. The topological polar surface area (TPSA) is 58.9 Å². The van der Waals surface area contributed by atoms with Crippen LogP contribution in [0.3, 0.4) is 0 Å². The van der Waals surface area contributed by atoms with Crippen molar-refractivity contribution in [2.24, 2.45) is 0 Å². The van der Waals surface area contributed by atoms with E-state index in [4.69, 9.17) is 15.0 Å². The number of para-hydroxylation sites is 1. The van der Waals surface area contributed by atoms with Crippen LogP contribution in [0.25, 0.3) is 55.4 Å². The largest absolute Gasteiger partial charge is 0.507 e. The second kappa shape index (κ2) is 13.4. The normalized spacial score (nSPS) is 13.3. The standard InChI is InChI=1S/C50H42N3O.Pt/c1-48(2,3)33-22-24-37-38-25-23-34(49(4,5)6)29-42(38)50(41(37)28-33,46-20-12-18-43(52-46)39-17-9-10-19-45(39)54)35-15-11-14-32(27-35)47-51-30-40-36-16-8-7-13-31(36)21-26-44(40)53-47;/h7-26,28-30,54H,1-6H3;/q-1;. The molecule has 5 heteroatoms. The molecule has 4 nitrogen and oxygen atoms in total. The first-order valence-corrected chi connectivity index (χ1v) is 18.7. The first kappa shape index (κ1) is 36.5. The molecular formula is C50H42N3OPt-. The Kier molecular flexibility index (Phi) is 8.90. The van der Waals surface area contributed by atoms with Crippen molar-refractivity contribution < 1.29 is 26.2 Å². The van der Waals surface area contributed by atoms with Crippen molar-refractivity contribution in [3.63, 3.8) is 0 Å². The molecule has 1 aliphatic rings. The summed E-state index contributed by atoms with van der Waals surface area (Å²) in [4.78, 5) is 15.5. The summed E-state index contributed by atoms with van der Waals surface area (Å²) in [6, 6.07) is 50.3. The van der Waals surface area contributed by atoms with E-state index in [1.54, 1.807) is 6.07 Å². The number of phenolic OH excluding ortho intramolecular Hbond substituents is 1. The van der Waals surface area contributed by atoms with Crippen molar-refractivity contribution in [2.75, 3.05) is 0 Å². The van der Waals surface area contributed by atoms with Crippen LogP contribution in [-0.4, -0.2) is 20.1 Å². The maximum absolute atomic E-state index is 11.0. The number of hydrogen-bond donors (Lipinski definition) is 1. The van der Waals surface area contributed by atoms with Gasteiger partial charge >= 0.3 is 0 Å². The Morgan fingerprint density at radius 2 is 1.24 bits per heavy atom. The number of rotatable bonds is 4. The van der Waals surface area contributed by atoms with E-state index in [9.17, 15) is 5.11 Å². The number of aromatic hydroxyl groups is 1. The van der Waals surface area contributed by atoms with Crippen LogP contribution in [0.2, 0.25) is 0 Å². The van der Waals surface area contributed by atoms with Gasteiger partial charge in [0.15, 0.2) is 0 Å². The fourth-order valence-corrected chi connectivity index (χ4v) is 8.18. The maximum atomic E-state index is 11.0. The van der Waals surface area contributed by atoms with Crippen molar-refractivity contribution in [2.45, 2.75) is 57.8 Å². The number of nitrogens with zero attached hydrogens (tertiary/aromatic N) is 3. The molecule has 0 saturated carbocycles. The van der Waals surface area contributed by atoms with Gasteiger partial charge in [-0.25, -0.2) is 0 Å². The van der Waals surface area contributed by atoms with E-state index in [0.29, 0.717) is 17.1 Å². The SMILES string of the molecule is CC(C)(C)c1ccc2c(c1)C(c1[c-]c(-c3ncc4c(ccc5ccccc54)n3)ccc1)(c1cccc(-c3ccccc3O)n1)c1cc(C(C)(C)C)ccc1-2.[Pt]. The molecule has 274 valence electrons. The summed E-state index contributed by atoms with van der Waals surface area (Å²) < 4.78 is 0. The van der Waals surface area contributed by atoms with Gasteiger partial charge in [-0.1, -0.05) is 126 Å². The van der Waals surface area contributed by atoms with Crippen molar-refractivity contribution in [3.8, 4) is 39.5 Å². The van der Waals surface area contributed by atoms with Crippen LogP contribution in [0.1, 0.15) is 75.1 Å². The summed E-state index contributed by atoms with van der Waals surface area (Å²) >= 11 is 0. The molecule has 0 amide bonds. The molecule has 0 spiro atoms. The summed E-state index contributed by atoms with van der Waals surface area (Å²) in [5.74, 6) is 0.819. The fourth-order valence-electron chi connectivity index (χ4n) is 8.18. The van der Waals surface area contributed by atoms with Gasteiger partial charge < -0.3 is 5.11 Å². The van der Waals surface area contributed by atoms with Crippen LogP contribution < -0.4 is 0 Å². The summed E-state index contributed by atoms with van der Waals surface area (Å²) in [6.45, 7) is 13.6. The van der Waals surface area contributed by atoms with Crippen molar-refractivity contribution in [1.29, 1.82) is 0 Å². The third kappa shape index (κ3) is 5.99. The summed E-state index contributed by atoms with van der Waals surface area (Å²) in [6.07, 6.45) is 1.94. The molecule has 0 unspecified atom stereocenters. The van der Waals surface area contributed by atoms with Gasteiger partial charge in [0.25, 0.3) is 0 Å². The Morgan fingerprint density at radius 3 is 1.93 bits per heavy atom. The Balaban J connectivity index is 0.00000427. The van der Waals surface area contributed by atoms with Crippen LogP contribution in [0.5, 0.6) is 5.75 Å². The Labute approximate surface area is 337 Å². The molecule has 2 heterocycles. The van der Waals surface area contributed by atoms with Crippen LogP contribution in [-0.2, 0) is 37.3 Å². The molecule has 2 aromatic heterocycles. The van der Waals surface area contributed by atoms with Crippen molar-refractivity contribution in [1.82, 2.24) is 15.0 Å². The van der Waals surface area contributed by atoms with E-state index < -0.39 is 5.41 Å². The molecule has 0 fully saturated rings. The van der Waals surface area contributed by atoms with Gasteiger partial charge in [0.05, 0.1) is 28.1 Å². The number of pyridine rings is 1. The zero-order valence-electron chi connectivity index (χ0n) is 31.9. The number of fused-ring (bicyclic) bond motifs is 6. The van der Waals surface area contributed by atoms with Crippen LogP contribution >= 0.6 is 0 Å². The smallest absolute Gasteiger partial charge is 0.124 e. The van der Waals surface area contributed by atoms with Gasteiger partial charge in [0.1, 0.15) is 5.75 Å². The quantitative estimate of drug-likeness (QED) is 0.141. The van der Waals surface area contributed by atoms with Crippen molar-refractivity contribution >= 4 is 21.7 Å². The van der Waals surface area contributed by atoms with E-state index in [2.05, 4.69) is 151 Å². The Morgan fingerprint density at radius 1 is 0.582 bits per heavy atom. The van der Waals surface area contributed by atoms with Gasteiger partial charge in [-0.05, 0) is 85.3 Å². The predicted octanol–water partition coefficient (Wildman–Crippen LogP) is 12.0. The molecule has 0 bridgehead atoms. The number of aromatic nitrogens is 3. The number of hydrogen-bond acceptors (Lipinski definition) is 4. The summed E-state index contributed by atoms with van der Waals surface area (Å²) in [7, 11) is 0. The van der Waals surface area contributed by atoms with Crippen molar-refractivity contribution in [3.05, 3.63) is 179 Å². The second-order valence-electron chi connectivity index (χ2n) is 16.6. The average Bonchev–Trinajstić information content (AvgIpc) is 3.47. The minimum Gasteiger partial charge on any atom is -0.507 e. The molecule has 0 radical (unpaired) electrons. The molecule has 55 heavy (non-hydrogen) atoms. The molecular weight excluding hydrogens is 854 g/mol. The van der Waals surface area contributed by atoms with E-state index >= 15 is 0 Å². The van der Waals surface area contributed by atoms with Gasteiger partial charge in [-0.3, -0.25) is 15.0 Å². The predicted molar refractivity (Wildman–Crippen MR) is 221 cm³/mol. The molecule has 8 aromatic rings. The third-order valence-electron chi connectivity index (χ3n) is 11.1. The van der Waals surface area contributed by atoms with Crippen LogP contribution in [0, 0.1) is 6.07 Å². The zero-order chi connectivity index (χ0) is 37.4. The summed E-state index contributed by atoms with van der Waals surface area (Å²) in [5, 5.41) is 14.3. The maximum Gasteiger partial charge on any atom is 0.124 e. The van der Waals surface area contributed by atoms with Crippen LogP contribution in [0.4, 0.5) is 0 Å². The monoisotopic (exact) mass is 895 g/mol. The van der Waals surface area contributed by atoms with Crippen LogP contribution in [0.15, 0.2) is 140 Å². The Bertz CT molecular complexity index is 2710. The third-order valence-corrected chi connectivity index (χ3v) is 11.1. The number of phenols is 1. The molecule has 9 rings (SSSR count). The fraction of sp³-hybridized carbons (Fsp3) is 0.180. The van der Waals surface area contributed by atoms with E-state index in [-0.39, 0.29) is 37.6 Å². The van der Waals surface area contributed by atoms with E-state index in [1.807, 2.05) is 30.5 Å².